The van der Waals surface area contributed by atoms with Gasteiger partial charge in [-0.25, -0.2) is 0 Å². The van der Waals surface area contributed by atoms with Crippen molar-refractivity contribution in [3.63, 3.8) is 0 Å². The maximum absolute atomic E-state index is 13.8. The molecule has 1 fully saturated rings. The number of benzene rings is 3. The number of nitrogens with zero attached hydrogens (tertiary/aromatic N) is 1. The monoisotopic (exact) mass is 632 g/mol. The molecule has 1 aliphatic rings. The smallest absolute Gasteiger partial charge is 0.227 e. The minimum absolute atomic E-state index is 0.0754. The van der Waals surface area contributed by atoms with Crippen molar-refractivity contribution < 1.29 is 19.0 Å². The third-order valence-corrected chi connectivity index (χ3v) is 8.55. The van der Waals surface area contributed by atoms with E-state index in [0.29, 0.717) is 59.4 Å². The summed E-state index contributed by atoms with van der Waals surface area (Å²) < 4.78 is 16.8. The van der Waals surface area contributed by atoms with E-state index in [9.17, 15) is 4.79 Å². The number of carbonyl (C=O) groups is 1. The van der Waals surface area contributed by atoms with Crippen molar-refractivity contribution in [2.24, 2.45) is 11.7 Å². The lowest BCUT2D eigenvalue weighted by molar-refractivity contribution is -0.140. The summed E-state index contributed by atoms with van der Waals surface area (Å²) in [7, 11) is 1.69. The SMILES string of the molecule is COCCc1ccc(Cl)c(CN(C(=O)[C@@H](CN)Cc2ccc(OCCOc3c(Cl)cc(C)cc3Cl)cc2)C2CCC2)c1. The molecule has 1 aliphatic carbocycles. The van der Waals surface area contributed by atoms with E-state index in [1.807, 2.05) is 60.4 Å². The van der Waals surface area contributed by atoms with E-state index < -0.39 is 0 Å². The molecule has 1 amide bonds. The Hall–Kier alpha value is -2.48. The van der Waals surface area contributed by atoms with Gasteiger partial charge in [-0.15, -0.1) is 0 Å². The molecule has 1 atom stereocenters. The van der Waals surface area contributed by atoms with Gasteiger partial charge in [-0.05, 0) is 91.6 Å². The standard InChI is InChI=1S/C33H39Cl3N2O4/c1-22-16-30(35)32(31(36)17-22)42-15-14-41-28-9-6-23(7-10-28)18-25(20-37)33(39)38(27-4-3-5-27)21-26-19-24(12-13-40-2)8-11-29(26)34/h6-11,16-17,19,25,27H,3-5,12-15,18,20-21,37H2,1-2H3/t25-/m1/s1. The van der Waals surface area contributed by atoms with Crippen molar-refractivity contribution in [1.29, 1.82) is 0 Å². The van der Waals surface area contributed by atoms with E-state index in [1.165, 1.54) is 0 Å². The fourth-order valence-electron chi connectivity index (χ4n) is 5.03. The van der Waals surface area contributed by atoms with Crippen LogP contribution in [0.5, 0.6) is 11.5 Å². The molecule has 0 spiro atoms. The maximum atomic E-state index is 13.8. The van der Waals surface area contributed by atoms with Gasteiger partial charge < -0.3 is 24.8 Å². The maximum Gasteiger partial charge on any atom is 0.227 e. The van der Waals surface area contributed by atoms with Gasteiger partial charge in [0, 0.05) is 31.3 Å². The minimum Gasteiger partial charge on any atom is -0.490 e. The lowest BCUT2D eigenvalue weighted by Crippen LogP contribution is -2.48. The second-order valence-corrected chi connectivity index (χ2v) is 12.0. The Kier molecular flexibility index (Phi) is 12.2. The number of nitrogens with two attached hydrogens (primary N) is 1. The third kappa shape index (κ3) is 8.77. The predicted octanol–water partition coefficient (Wildman–Crippen LogP) is 7.30. The summed E-state index contributed by atoms with van der Waals surface area (Å²) in [4.78, 5) is 15.8. The summed E-state index contributed by atoms with van der Waals surface area (Å²) in [6.07, 6.45) is 4.48. The molecule has 3 aromatic carbocycles. The molecule has 0 saturated heterocycles. The van der Waals surface area contributed by atoms with Gasteiger partial charge in [-0.3, -0.25) is 4.79 Å². The van der Waals surface area contributed by atoms with Crippen LogP contribution >= 0.6 is 34.8 Å². The Morgan fingerprint density at radius 3 is 2.21 bits per heavy atom. The molecule has 9 heteroatoms. The third-order valence-electron chi connectivity index (χ3n) is 7.62. The zero-order valence-corrected chi connectivity index (χ0v) is 26.5. The first-order chi connectivity index (χ1) is 20.3. The van der Waals surface area contributed by atoms with Crippen LogP contribution < -0.4 is 15.2 Å². The summed E-state index contributed by atoms with van der Waals surface area (Å²) in [6.45, 7) is 3.93. The molecule has 0 aromatic heterocycles. The van der Waals surface area contributed by atoms with E-state index in [1.54, 1.807) is 7.11 Å². The fourth-order valence-corrected chi connectivity index (χ4v) is 5.92. The highest BCUT2D eigenvalue weighted by Gasteiger charge is 2.33. The predicted molar refractivity (Wildman–Crippen MR) is 170 cm³/mol. The molecule has 4 rings (SSSR count). The molecule has 0 aliphatic heterocycles. The van der Waals surface area contributed by atoms with Crippen LogP contribution in [-0.4, -0.2) is 50.3 Å². The number of halogens is 3. The molecule has 42 heavy (non-hydrogen) atoms. The summed E-state index contributed by atoms with van der Waals surface area (Å²) in [5.74, 6) is 0.909. The number of ether oxygens (including phenoxy) is 3. The van der Waals surface area contributed by atoms with Crippen molar-refractivity contribution in [3.8, 4) is 11.5 Å². The molecule has 2 N–H and O–H groups in total. The minimum atomic E-state index is -0.328. The van der Waals surface area contributed by atoms with Crippen LogP contribution in [0.2, 0.25) is 15.1 Å². The van der Waals surface area contributed by atoms with Gasteiger partial charge in [0.05, 0.1) is 22.6 Å². The zero-order chi connectivity index (χ0) is 30.1. The first-order valence-corrected chi connectivity index (χ1v) is 15.5. The molecule has 1 saturated carbocycles. The van der Waals surface area contributed by atoms with Crippen molar-refractivity contribution in [1.82, 2.24) is 4.90 Å². The van der Waals surface area contributed by atoms with Crippen LogP contribution in [0.15, 0.2) is 54.6 Å². The van der Waals surface area contributed by atoms with E-state index >= 15 is 0 Å². The van der Waals surface area contributed by atoms with Crippen LogP contribution in [0.3, 0.4) is 0 Å². The number of methoxy groups -OCH3 is 1. The number of hydrogen-bond acceptors (Lipinski definition) is 5. The van der Waals surface area contributed by atoms with Crippen molar-refractivity contribution in [3.05, 3.63) is 91.9 Å². The molecule has 226 valence electrons. The first kappa shape index (κ1) is 32.4. The highest BCUT2D eigenvalue weighted by Crippen LogP contribution is 2.34. The average molecular weight is 634 g/mol. The van der Waals surface area contributed by atoms with Gasteiger partial charge in [0.15, 0.2) is 5.75 Å². The Balaban J connectivity index is 1.34. The number of aryl methyl sites for hydroxylation is 1. The molecule has 0 heterocycles. The van der Waals surface area contributed by atoms with Gasteiger partial charge >= 0.3 is 0 Å². The molecule has 6 nitrogen and oxygen atoms in total. The second-order valence-electron chi connectivity index (χ2n) is 10.8. The highest BCUT2D eigenvalue weighted by molar-refractivity contribution is 6.37. The van der Waals surface area contributed by atoms with Gasteiger partial charge in [0.2, 0.25) is 5.91 Å². The Bertz CT molecular complexity index is 1310. The molecule has 0 unspecified atom stereocenters. The quantitative estimate of drug-likeness (QED) is 0.178. The Morgan fingerprint density at radius 1 is 0.929 bits per heavy atom. The topological polar surface area (TPSA) is 74.0 Å². The normalized spacial score (nSPS) is 13.9. The van der Waals surface area contributed by atoms with Gasteiger partial charge in [0.1, 0.15) is 19.0 Å². The Morgan fingerprint density at radius 2 is 1.60 bits per heavy atom. The van der Waals surface area contributed by atoms with Crippen molar-refractivity contribution in [2.75, 3.05) is 33.5 Å². The van der Waals surface area contributed by atoms with E-state index in [-0.39, 0.29) is 24.4 Å². The second kappa shape index (κ2) is 15.8. The molecule has 0 bridgehead atoms. The van der Waals surface area contributed by atoms with E-state index in [0.717, 1.165) is 47.9 Å². The van der Waals surface area contributed by atoms with Crippen LogP contribution in [0.25, 0.3) is 0 Å². The number of hydrogen-bond donors (Lipinski definition) is 1. The largest absolute Gasteiger partial charge is 0.490 e. The Labute approximate surface area is 264 Å². The summed E-state index contributed by atoms with van der Waals surface area (Å²) in [5, 5.41) is 1.62. The molecular weight excluding hydrogens is 595 g/mol. The van der Waals surface area contributed by atoms with Crippen molar-refractivity contribution >= 4 is 40.7 Å². The first-order valence-electron chi connectivity index (χ1n) is 14.4. The van der Waals surface area contributed by atoms with Crippen LogP contribution in [0.1, 0.15) is 41.5 Å². The lowest BCUT2D eigenvalue weighted by Gasteiger charge is -2.39. The summed E-state index contributed by atoms with van der Waals surface area (Å²) in [6, 6.07) is 17.6. The van der Waals surface area contributed by atoms with E-state index in [2.05, 4.69) is 6.07 Å². The fraction of sp³-hybridized carbons (Fsp3) is 0.424. The van der Waals surface area contributed by atoms with Gasteiger partial charge in [-0.1, -0.05) is 59.1 Å². The number of rotatable bonds is 15. The molecular formula is C33H39Cl3N2O4. The lowest BCUT2D eigenvalue weighted by atomic mass is 9.88. The van der Waals surface area contributed by atoms with Gasteiger partial charge in [0.25, 0.3) is 0 Å². The van der Waals surface area contributed by atoms with Crippen LogP contribution in [0, 0.1) is 12.8 Å². The average Bonchev–Trinajstić information content (AvgIpc) is 2.94. The van der Waals surface area contributed by atoms with Gasteiger partial charge in [-0.2, -0.15) is 0 Å². The zero-order valence-electron chi connectivity index (χ0n) is 24.2. The summed E-state index contributed by atoms with van der Waals surface area (Å²) in [5.41, 5.74) is 10.3. The van der Waals surface area contributed by atoms with E-state index in [4.69, 9.17) is 54.7 Å². The summed E-state index contributed by atoms with van der Waals surface area (Å²) >= 11 is 19.1. The molecule has 0 radical (unpaired) electrons. The van der Waals surface area contributed by atoms with Crippen LogP contribution in [-0.2, 0) is 28.9 Å². The van der Waals surface area contributed by atoms with Crippen molar-refractivity contribution in [2.45, 2.75) is 51.6 Å². The number of carbonyl (C=O) groups excluding carboxylic acids is 1. The highest BCUT2D eigenvalue weighted by atomic mass is 35.5. The molecule has 3 aromatic rings. The number of amides is 1. The van der Waals surface area contributed by atoms with Crippen LogP contribution in [0.4, 0.5) is 0 Å².